The summed E-state index contributed by atoms with van der Waals surface area (Å²) in [5, 5.41) is 8.80. The molecule has 0 radical (unpaired) electrons. The van der Waals surface area contributed by atoms with Crippen LogP contribution in [0.2, 0.25) is 0 Å². The minimum atomic E-state index is -0.823. The standard InChI is InChI=1S/C14H22N2O4/c1-15-11(6-7-12(15)17)14(20)16-9-3-2-4-10(16)5-8-13(18)19/h10-11H,2-9H2,1H3,(H,18,19). The van der Waals surface area contributed by atoms with Crippen LogP contribution in [-0.4, -0.2) is 58.4 Å². The predicted molar refractivity (Wildman–Crippen MR) is 72.0 cm³/mol. The van der Waals surface area contributed by atoms with Gasteiger partial charge in [-0.1, -0.05) is 0 Å². The summed E-state index contributed by atoms with van der Waals surface area (Å²) in [7, 11) is 1.67. The predicted octanol–water partition coefficient (Wildman–Crippen LogP) is 0.853. The first-order valence-electron chi connectivity index (χ1n) is 7.28. The van der Waals surface area contributed by atoms with Gasteiger partial charge >= 0.3 is 5.97 Å². The molecular weight excluding hydrogens is 260 g/mol. The van der Waals surface area contributed by atoms with E-state index in [1.807, 2.05) is 4.90 Å². The van der Waals surface area contributed by atoms with Crippen molar-refractivity contribution in [1.82, 2.24) is 9.80 Å². The summed E-state index contributed by atoms with van der Waals surface area (Å²) in [6.45, 7) is 0.682. The molecule has 0 aromatic heterocycles. The van der Waals surface area contributed by atoms with E-state index < -0.39 is 5.97 Å². The van der Waals surface area contributed by atoms with E-state index in [1.165, 1.54) is 4.90 Å². The number of rotatable bonds is 4. The first-order chi connectivity index (χ1) is 9.50. The van der Waals surface area contributed by atoms with E-state index in [1.54, 1.807) is 7.05 Å². The Labute approximate surface area is 118 Å². The second-order valence-corrected chi connectivity index (χ2v) is 5.67. The van der Waals surface area contributed by atoms with Crippen LogP contribution in [0.3, 0.4) is 0 Å². The molecule has 2 fully saturated rings. The Balaban J connectivity index is 2.01. The van der Waals surface area contributed by atoms with Gasteiger partial charge in [-0.25, -0.2) is 0 Å². The Hall–Kier alpha value is -1.59. The Morgan fingerprint density at radius 1 is 1.30 bits per heavy atom. The van der Waals surface area contributed by atoms with Gasteiger partial charge in [0, 0.05) is 32.5 Å². The molecule has 2 aliphatic heterocycles. The number of likely N-dealkylation sites (tertiary alicyclic amines) is 2. The number of nitrogens with zero attached hydrogens (tertiary/aromatic N) is 2. The van der Waals surface area contributed by atoms with Gasteiger partial charge in [0.15, 0.2) is 0 Å². The molecule has 2 saturated heterocycles. The van der Waals surface area contributed by atoms with Gasteiger partial charge in [-0.05, 0) is 32.1 Å². The van der Waals surface area contributed by atoms with Gasteiger partial charge < -0.3 is 14.9 Å². The highest BCUT2D eigenvalue weighted by Gasteiger charge is 2.38. The number of likely N-dealkylation sites (N-methyl/N-ethyl adjacent to an activating group) is 1. The van der Waals surface area contributed by atoms with Crippen LogP contribution < -0.4 is 0 Å². The highest BCUT2D eigenvalue weighted by Crippen LogP contribution is 2.25. The lowest BCUT2D eigenvalue weighted by Crippen LogP contribution is -2.51. The van der Waals surface area contributed by atoms with Crippen molar-refractivity contribution in [2.24, 2.45) is 0 Å². The Kier molecular flexibility index (Phi) is 4.62. The van der Waals surface area contributed by atoms with Crippen LogP contribution in [0.5, 0.6) is 0 Å². The number of amides is 2. The molecule has 2 unspecified atom stereocenters. The number of piperidine rings is 1. The fraction of sp³-hybridized carbons (Fsp3) is 0.786. The Morgan fingerprint density at radius 3 is 2.65 bits per heavy atom. The van der Waals surface area contributed by atoms with Crippen LogP contribution in [-0.2, 0) is 14.4 Å². The minimum absolute atomic E-state index is 0.00608. The number of hydrogen-bond donors (Lipinski definition) is 1. The zero-order valence-electron chi connectivity index (χ0n) is 11.9. The molecule has 0 bridgehead atoms. The highest BCUT2D eigenvalue weighted by molar-refractivity contribution is 5.91. The SMILES string of the molecule is CN1C(=O)CCC1C(=O)N1CCCCC1CCC(=O)O. The molecule has 0 saturated carbocycles. The molecule has 2 rings (SSSR count). The second-order valence-electron chi connectivity index (χ2n) is 5.67. The molecule has 0 aromatic rings. The molecule has 0 aromatic carbocycles. The van der Waals surface area contributed by atoms with E-state index in [9.17, 15) is 14.4 Å². The number of hydrogen-bond acceptors (Lipinski definition) is 3. The van der Waals surface area contributed by atoms with Crippen molar-refractivity contribution in [2.45, 2.75) is 57.0 Å². The van der Waals surface area contributed by atoms with Gasteiger partial charge in [-0.15, -0.1) is 0 Å². The highest BCUT2D eigenvalue weighted by atomic mass is 16.4. The summed E-state index contributed by atoms with van der Waals surface area (Å²) >= 11 is 0. The summed E-state index contributed by atoms with van der Waals surface area (Å²) in [6, 6.07) is -0.343. The lowest BCUT2D eigenvalue weighted by Gasteiger charge is -2.38. The smallest absolute Gasteiger partial charge is 0.303 e. The largest absolute Gasteiger partial charge is 0.481 e. The quantitative estimate of drug-likeness (QED) is 0.829. The van der Waals surface area contributed by atoms with E-state index in [2.05, 4.69) is 0 Å². The van der Waals surface area contributed by atoms with E-state index in [4.69, 9.17) is 5.11 Å². The third-order valence-corrected chi connectivity index (χ3v) is 4.38. The van der Waals surface area contributed by atoms with Gasteiger partial charge in [0.25, 0.3) is 0 Å². The summed E-state index contributed by atoms with van der Waals surface area (Å²) in [5.41, 5.74) is 0. The van der Waals surface area contributed by atoms with E-state index >= 15 is 0 Å². The van der Waals surface area contributed by atoms with Crippen molar-refractivity contribution >= 4 is 17.8 Å². The molecule has 2 heterocycles. The number of carbonyl (C=O) groups is 3. The summed E-state index contributed by atoms with van der Waals surface area (Å²) in [5.74, 6) is -0.813. The van der Waals surface area contributed by atoms with Gasteiger partial charge in [0.05, 0.1) is 0 Å². The first kappa shape index (κ1) is 14.8. The number of carbonyl (C=O) groups excluding carboxylic acids is 2. The van der Waals surface area contributed by atoms with Crippen molar-refractivity contribution in [3.63, 3.8) is 0 Å². The molecule has 0 spiro atoms. The normalized spacial score (nSPS) is 26.9. The summed E-state index contributed by atoms with van der Waals surface area (Å²) < 4.78 is 0. The van der Waals surface area contributed by atoms with Crippen LogP contribution in [0.4, 0.5) is 0 Å². The van der Waals surface area contributed by atoms with Crippen molar-refractivity contribution in [3.05, 3.63) is 0 Å². The fourth-order valence-corrected chi connectivity index (χ4v) is 3.17. The van der Waals surface area contributed by atoms with Gasteiger partial charge in [0.2, 0.25) is 11.8 Å². The minimum Gasteiger partial charge on any atom is -0.481 e. The van der Waals surface area contributed by atoms with Crippen LogP contribution in [0.15, 0.2) is 0 Å². The number of aliphatic carboxylic acids is 1. The maximum Gasteiger partial charge on any atom is 0.303 e. The zero-order chi connectivity index (χ0) is 14.7. The zero-order valence-corrected chi connectivity index (χ0v) is 11.9. The lowest BCUT2D eigenvalue weighted by atomic mass is 9.96. The Bertz CT molecular complexity index is 410. The maximum absolute atomic E-state index is 12.6. The van der Waals surface area contributed by atoms with Crippen LogP contribution in [0, 0.1) is 0 Å². The van der Waals surface area contributed by atoms with Crippen molar-refractivity contribution in [3.8, 4) is 0 Å². The molecule has 2 atom stereocenters. The van der Waals surface area contributed by atoms with Gasteiger partial charge in [-0.2, -0.15) is 0 Å². The van der Waals surface area contributed by atoms with E-state index in [0.29, 0.717) is 25.8 Å². The third-order valence-electron chi connectivity index (χ3n) is 4.38. The van der Waals surface area contributed by atoms with Crippen molar-refractivity contribution in [2.75, 3.05) is 13.6 Å². The van der Waals surface area contributed by atoms with Gasteiger partial charge in [-0.3, -0.25) is 14.4 Å². The average Bonchev–Trinajstić information content (AvgIpc) is 2.76. The topological polar surface area (TPSA) is 77.9 Å². The van der Waals surface area contributed by atoms with Crippen LogP contribution in [0.25, 0.3) is 0 Å². The molecule has 6 heteroatoms. The van der Waals surface area contributed by atoms with E-state index in [0.717, 1.165) is 19.3 Å². The molecule has 20 heavy (non-hydrogen) atoms. The molecule has 112 valence electrons. The summed E-state index contributed by atoms with van der Waals surface area (Å²) in [6.07, 6.45) is 4.47. The molecule has 2 aliphatic rings. The maximum atomic E-state index is 12.6. The van der Waals surface area contributed by atoms with Crippen LogP contribution in [0.1, 0.15) is 44.9 Å². The van der Waals surface area contributed by atoms with Gasteiger partial charge in [0.1, 0.15) is 6.04 Å². The summed E-state index contributed by atoms with van der Waals surface area (Å²) in [4.78, 5) is 38.2. The lowest BCUT2D eigenvalue weighted by molar-refractivity contribution is -0.144. The average molecular weight is 282 g/mol. The molecule has 6 nitrogen and oxygen atoms in total. The van der Waals surface area contributed by atoms with E-state index in [-0.39, 0.29) is 30.3 Å². The third kappa shape index (κ3) is 3.11. The fourth-order valence-electron chi connectivity index (χ4n) is 3.17. The number of carboxylic acid groups (broad SMARTS) is 1. The molecule has 2 amide bonds. The number of carboxylic acids is 1. The molecule has 0 aliphatic carbocycles. The van der Waals surface area contributed by atoms with Crippen LogP contribution >= 0.6 is 0 Å². The Morgan fingerprint density at radius 2 is 2.05 bits per heavy atom. The molecular formula is C14H22N2O4. The second kappa shape index (κ2) is 6.24. The van der Waals surface area contributed by atoms with Crippen molar-refractivity contribution < 1.29 is 19.5 Å². The first-order valence-corrected chi connectivity index (χ1v) is 7.28. The van der Waals surface area contributed by atoms with Crippen molar-refractivity contribution in [1.29, 1.82) is 0 Å². The monoisotopic (exact) mass is 282 g/mol. The molecule has 1 N–H and O–H groups in total.